The summed E-state index contributed by atoms with van der Waals surface area (Å²) in [6.45, 7) is 8.72. The molecule has 0 atom stereocenters. The summed E-state index contributed by atoms with van der Waals surface area (Å²) in [6.07, 6.45) is 7.97. The Morgan fingerprint density at radius 3 is 2.31 bits per heavy atom. The van der Waals surface area contributed by atoms with Crippen LogP contribution in [0.3, 0.4) is 0 Å². The summed E-state index contributed by atoms with van der Waals surface area (Å²) in [6, 6.07) is 43.6. The van der Waals surface area contributed by atoms with Gasteiger partial charge in [0.05, 0.1) is 6.20 Å². The zero-order valence-corrected chi connectivity index (χ0v) is 31.8. The molecule has 8 rings (SSSR count). The van der Waals surface area contributed by atoms with Gasteiger partial charge in [-0.05, 0) is 108 Å². The molecule has 0 aliphatic heterocycles. The van der Waals surface area contributed by atoms with Crippen molar-refractivity contribution in [3.8, 4) is 45.6 Å². The van der Waals surface area contributed by atoms with E-state index in [0.717, 1.165) is 79.9 Å². The van der Waals surface area contributed by atoms with Gasteiger partial charge in [0, 0.05) is 35.0 Å². The van der Waals surface area contributed by atoms with Crippen LogP contribution in [0.15, 0.2) is 128 Å². The predicted molar refractivity (Wildman–Crippen MR) is 204 cm³/mol. The number of rotatable bonds is 10. The Bertz CT molecular complexity index is 2480. The van der Waals surface area contributed by atoms with Crippen molar-refractivity contribution in [2.24, 2.45) is 5.92 Å². The normalized spacial score (nSPS) is 11.2. The van der Waals surface area contributed by atoms with Crippen molar-refractivity contribution in [2.75, 3.05) is 0 Å². The number of hydrogen-bond donors (Lipinski definition) is 0. The fraction of sp³-hybridized carbons (Fsp3) is 0.156. The van der Waals surface area contributed by atoms with Crippen LogP contribution in [-0.2, 0) is 27.5 Å². The molecule has 0 spiro atoms. The van der Waals surface area contributed by atoms with Gasteiger partial charge in [0.25, 0.3) is 0 Å². The minimum Gasteiger partial charge on any atom is -0.509 e. The summed E-state index contributed by atoms with van der Waals surface area (Å²) in [4.78, 5) is 4.80. The number of benzene rings is 5. The minimum absolute atomic E-state index is 0. The van der Waals surface area contributed by atoms with Gasteiger partial charge in [-0.25, -0.2) is 4.98 Å². The Balaban J connectivity index is 0.00000420. The molecule has 0 bridgehead atoms. The zero-order chi connectivity index (χ0) is 34.9. The van der Waals surface area contributed by atoms with Crippen molar-refractivity contribution in [1.29, 1.82) is 0 Å². The molecule has 260 valence electrons. The van der Waals surface area contributed by atoms with Crippen LogP contribution in [-0.4, -0.2) is 19.3 Å². The molecule has 6 nitrogen and oxygen atoms in total. The van der Waals surface area contributed by atoms with Gasteiger partial charge in [-0.1, -0.05) is 55.8 Å². The minimum atomic E-state index is 0. The first-order valence-electron chi connectivity index (χ1n) is 17.4. The number of para-hydroxylation sites is 2. The Hall–Kier alpha value is -5.45. The zero-order valence-electron chi connectivity index (χ0n) is 29.5. The van der Waals surface area contributed by atoms with Gasteiger partial charge in [-0.2, -0.15) is 17.2 Å². The van der Waals surface area contributed by atoms with E-state index in [1.807, 2.05) is 77.9 Å². The molecule has 0 fully saturated rings. The van der Waals surface area contributed by atoms with Crippen LogP contribution in [0.5, 0.6) is 23.0 Å². The van der Waals surface area contributed by atoms with Gasteiger partial charge in [0.1, 0.15) is 17.3 Å². The molecular formula is C45H38N4O2Pt. The van der Waals surface area contributed by atoms with E-state index in [0.29, 0.717) is 17.4 Å². The topological polar surface area (TPSA) is 54.1 Å². The summed E-state index contributed by atoms with van der Waals surface area (Å²) >= 11 is 0. The molecule has 5 aromatic carbocycles. The number of hydrogen-bond acceptors (Lipinski definition) is 4. The molecule has 3 aromatic heterocycles. The van der Waals surface area contributed by atoms with Crippen LogP contribution in [0.4, 0.5) is 0 Å². The van der Waals surface area contributed by atoms with E-state index in [4.69, 9.17) is 19.6 Å². The summed E-state index contributed by atoms with van der Waals surface area (Å²) in [5.74, 6) is 4.32. The number of ether oxygens (including phenoxy) is 2. The Kier molecular flexibility index (Phi) is 10.1. The van der Waals surface area contributed by atoms with Crippen LogP contribution in [0.2, 0.25) is 0 Å². The SMILES string of the molecule is Cc1cc(Oc2ccccc2)cc(C)c1-c1cnn(-c2[c-]c(Oc3[c-]c4c(cc3)c3ccccc3n4-c3cc(CCC(C)C)ccn3)ccc2)c1.[Pt+2]. The number of nitrogens with zero attached hydrogens (tertiary/aromatic N) is 4. The standard InChI is InChI=1S/C45H38N4O2.Pt/c1-30(2)17-18-33-21-22-46-44(25-33)49-42-16-9-8-15-40(42)41-20-19-38(27-43(41)49)51-37-14-10-11-35(26-37)48-29-34(28-47-48)45-31(3)23-39(24-32(45)4)50-36-12-6-5-7-13-36;/h5-16,19-25,28-30H,17-18H2,1-4H3;/q-2;+2. The summed E-state index contributed by atoms with van der Waals surface area (Å²) in [7, 11) is 0. The van der Waals surface area contributed by atoms with Crippen molar-refractivity contribution in [3.05, 3.63) is 157 Å². The van der Waals surface area contributed by atoms with Gasteiger partial charge in [-0.15, -0.1) is 35.7 Å². The van der Waals surface area contributed by atoms with Gasteiger partial charge >= 0.3 is 21.1 Å². The molecule has 0 radical (unpaired) electrons. The average molecular weight is 862 g/mol. The monoisotopic (exact) mass is 861 g/mol. The van der Waals surface area contributed by atoms with Crippen molar-refractivity contribution in [2.45, 2.75) is 40.5 Å². The molecule has 0 unspecified atom stereocenters. The van der Waals surface area contributed by atoms with E-state index in [-0.39, 0.29) is 21.1 Å². The fourth-order valence-corrected chi connectivity index (χ4v) is 6.76. The van der Waals surface area contributed by atoms with Gasteiger partial charge < -0.3 is 14.0 Å². The van der Waals surface area contributed by atoms with Gasteiger partial charge in [0.2, 0.25) is 0 Å². The second-order valence-corrected chi connectivity index (χ2v) is 13.4. The largest absolute Gasteiger partial charge is 2.00 e. The first-order chi connectivity index (χ1) is 24.9. The third-order valence-corrected chi connectivity index (χ3v) is 9.18. The summed E-state index contributed by atoms with van der Waals surface area (Å²) in [5.41, 5.74) is 8.43. The summed E-state index contributed by atoms with van der Waals surface area (Å²) in [5, 5.41) is 6.95. The van der Waals surface area contributed by atoms with Crippen molar-refractivity contribution in [1.82, 2.24) is 19.3 Å². The molecule has 0 amide bonds. The van der Waals surface area contributed by atoms with E-state index in [1.54, 1.807) is 0 Å². The molecule has 0 saturated carbocycles. The molecule has 8 aromatic rings. The molecular weight excluding hydrogens is 824 g/mol. The smallest absolute Gasteiger partial charge is 0.509 e. The van der Waals surface area contributed by atoms with Crippen LogP contribution in [0.25, 0.3) is 44.4 Å². The van der Waals surface area contributed by atoms with E-state index < -0.39 is 0 Å². The van der Waals surface area contributed by atoms with Crippen LogP contribution < -0.4 is 9.47 Å². The van der Waals surface area contributed by atoms with Crippen LogP contribution in [0, 0.1) is 31.9 Å². The maximum atomic E-state index is 6.42. The number of aromatic nitrogens is 4. The van der Waals surface area contributed by atoms with Crippen LogP contribution >= 0.6 is 0 Å². The average Bonchev–Trinajstić information content (AvgIpc) is 3.74. The van der Waals surface area contributed by atoms with Crippen molar-refractivity contribution < 1.29 is 30.5 Å². The van der Waals surface area contributed by atoms with Crippen LogP contribution in [0.1, 0.15) is 37.0 Å². The number of aryl methyl sites for hydroxylation is 3. The second kappa shape index (κ2) is 15.0. The maximum Gasteiger partial charge on any atom is 2.00 e. The third-order valence-electron chi connectivity index (χ3n) is 9.18. The third kappa shape index (κ3) is 7.17. The van der Waals surface area contributed by atoms with E-state index in [1.165, 1.54) is 5.56 Å². The quantitative estimate of drug-likeness (QED) is 0.129. The Morgan fingerprint density at radius 1 is 0.731 bits per heavy atom. The van der Waals surface area contributed by atoms with E-state index >= 15 is 0 Å². The molecule has 0 aliphatic carbocycles. The van der Waals surface area contributed by atoms with Gasteiger partial charge in [0.15, 0.2) is 0 Å². The van der Waals surface area contributed by atoms with Crippen molar-refractivity contribution in [3.63, 3.8) is 0 Å². The maximum absolute atomic E-state index is 6.42. The predicted octanol–water partition coefficient (Wildman–Crippen LogP) is 11.4. The second-order valence-electron chi connectivity index (χ2n) is 13.4. The molecule has 0 aliphatic rings. The van der Waals surface area contributed by atoms with E-state index in [2.05, 4.69) is 99.0 Å². The molecule has 52 heavy (non-hydrogen) atoms. The Labute approximate surface area is 318 Å². The molecule has 7 heteroatoms. The molecule has 0 saturated heterocycles. The molecule has 3 heterocycles. The summed E-state index contributed by atoms with van der Waals surface area (Å²) < 4.78 is 16.5. The first kappa shape index (κ1) is 35.0. The molecule has 0 N–H and O–H groups in total. The first-order valence-corrected chi connectivity index (χ1v) is 17.4. The van der Waals surface area contributed by atoms with Gasteiger partial charge in [-0.3, -0.25) is 4.68 Å². The Morgan fingerprint density at radius 2 is 1.50 bits per heavy atom. The van der Waals surface area contributed by atoms with E-state index in [9.17, 15) is 0 Å². The number of fused-ring (bicyclic) bond motifs is 3. The van der Waals surface area contributed by atoms with Crippen molar-refractivity contribution >= 4 is 21.8 Å². The number of pyridine rings is 1. The fourth-order valence-electron chi connectivity index (χ4n) is 6.76.